The molecule has 0 fully saturated rings. The summed E-state index contributed by atoms with van der Waals surface area (Å²) in [6.07, 6.45) is 0.166. The quantitative estimate of drug-likeness (QED) is 0.466. The van der Waals surface area contributed by atoms with Gasteiger partial charge in [-0.05, 0) is 18.1 Å². The predicted molar refractivity (Wildman–Crippen MR) is 76.9 cm³/mol. The second-order valence-corrected chi connectivity index (χ2v) is 6.40. The van der Waals surface area contributed by atoms with Gasteiger partial charge in [0, 0.05) is 6.54 Å². The maximum atomic E-state index is 12.4. The van der Waals surface area contributed by atoms with Crippen LogP contribution in [0.25, 0.3) is 0 Å². The van der Waals surface area contributed by atoms with Crippen molar-refractivity contribution < 1.29 is 35.3 Å². The number of carbonyl (C=O) groups excluding carboxylic acids is 1. The number of carbonyl (C=O) groups is 1. The van der Waals surface area contributed by atoms with E-state index in [1.54, 1.807) is 30.3 Å². The largest absolute Gasteiger partial charge is 0.523 e. The summed E-state index contributed by atoms with van der Waals surface area (Å²) in [5.74, 6) is 0. The van der Waals surface area contributed by atoms with E-state index in [0.717, 1.165) is 11.0 Å². The Balaban J connectivity index is 2.04. The lowest BCUT2D eigenvalue weighted by molar-refractivity contribution is -0.0626. The highest BCUT2D eigenvalue weighted by molar-refractivity contribution is 7.87. The van der Waals surface area contributed by atoms with Crippen molar-refractivity contribution in [2.75, 3.05) is 6.54 Å². The topological polar surface area (TPSA) is 72.9 Å². The van der Waals surface area contributed by atoms with E-state index < -0.39 is 27.9 Å². The first-order chi connectivity index (χ1) is 11.2. The summed E-state index contributed by atoms with van der Waals surface area (Å²) in [5.41, 5.74) is -4.89. The normalized spacial score (nSPS) is 18.5. The van der Waals surface area contributed by atoms with E-state index in [9.17, 15) is 26.4 Å². The van der Waals surface area contributed by atoms with Gasteiger partial charge in [-0.25, -0.2) is 8.98 Å². The third-order valence-corrected chi connectivity index (χ3v) is 4.11. The fraction of sp³-hybridized carbons (Fsp3) is 0.357. The van der Waals surface area contributed by atoms with Crippen LogP contribution >= 0.6 is 0 Å². The second kappa shape index (κ2) is 7.22. The second-order valence-electron chi connectivity index (χ2n) is 4.84. The number of nitrogens with zero attached hydrogens (tertiary/aromatic N) is 1. The number of rotatable bonds is 4. The predicted octanol–water partition coefficient (Wildman–Crippen LogP) is 2.78. The molecule has 0 N–H and O–H groups in total. The Morgan fingerprint density at radius 3 is 2.54 bits per heavy atom. The van der Waals surface area contributed by atoms with Gasteiger partial charge >= 0.3 is 21.7 Å². The van der Waals surface area contributed by atoms with Gasteiger partial charge in [0.05, 0.1) is 0 Å². The average Bonchev–Trinajstić information content (AvgIpc) is 2.52. The Kier molecular flexibility index (Phi) is 5.50. The Bertz CT molecular complexity index is 703. The van der Waals surface area contributed by atoms with Crippen molar-refractivity contribution in [3.8, 4) is 0 Å². The Labute approximate surface area is 136 Å². The van der Waals surface area contributed by atoms with Gasteiger partial charge < -0.3 is 4.74 Å². The number of ether oxygens (including phenoxy) is 1. The summed E-state index contributed by atoms with van der Waals surface area (Å²) in [6, 6.07) is 8.63. The van der Waals surface area contributed by atoms with Crippen LogP contribution in [0.1, 0.15) is 12.0 Å². The Hall–Kier alpha value is -2.07. The van der Waals surface area contributed by atoms with E-state index in [1.165, 1.54) is 6.08 Å². The highest BCUT2D eigenvalue weighted by atomic mass is 32.2. The Morgan fingerprint density at radius 1 is 1.25 bits per heavy atom. The van der Waals surface area contributed by atoms with Gasteiger partial charge in [0.2, 0.25) is 0 Å². The number of hydrogen-bond donors (Lipinski definition) is 0. The fourth-order valence-electron chi connectivity index (χ4n) is 1.92. The lowest BCUT2D eigenvalue weighted by Gasteiger charge is -2.30. The lowest BCUT2D eigenvalue weighted by atomic mass is 10.2. The summed E-state index contributed by atoms with van der Waals surface area (Å²) in [7, 11) is -5.83. The van der Waals surface area contributed by atoms with Gasteiger partial charge in [0.15, 0.2) is 6.23 Å². The number of hydrogen-bond acceptors (Lipinski definition) is 5. The van der Waals surface area contributed by atoms with Gasteiger partial charge in [-0.15, -0.1) is 0 Å². The zero-order valence-corrected chi connectivity index (χ0v) is 13.1. The summed E-state index contributed by atoms with van der Waals surface area (Å²) >= 11 is 0. The highest BCUT2D eigenvalue weighted by Crippen LogP contribution is 2.27. The molecule has 0 bridgehead atoms. The average molecular weight is 365 g/mol. The van der Waals surface area contributed by atoms with E-state index in [1.807, 2.05) is 0 Å². The summed E-state index contributed by atoms with van der Waals surface area (Å²) < 4.78 is 68.6. The van der Waals surface area contributed by atoms with Crippen LogP contribution < -0.4 is 0 Å². The molecule has 6 nitrogen and oxygen atoms in total. The third-order valence-electron chi connectivity index (χ3n) is 3.09. The molecule has 132 valence electrons. The first-order valence-corrected chi connectivity index (χ1v) is 8.25. The maximum Gasteiger partial charge on any atom is 0.523 e. The van der Waals surface area contributed by atoms with Crippen LogP contribution in [0.15, 0.2) is 42.5 Å². The number of alkyl halides is 3. The van der Waals surface area contributed by atoms with E-state index in [0.29, 0.717) is 12.0 Å². The van der Waals surface area contributed by atoms with Crippen molar-refractivity contribution in [3.63, 3.8) is 0 Å². The SMILES string of the molecule is O=C(OCc1ccccc1)N1CCC=CC1OS(=O)(=O)C(F)(F)F. The van der Waals surface area contributed by atoms with Crippen molar-refractivity contribution in [1.82, 2.24) is 4.90 Å². The van der Waals surface area contributed by atoms with Crippen LogP contribution in [0.2, 0.25) is 0 Å². The van der Waals surface area contributed by atoms with Crippen molar-refractivity contribution in [1.29, 1.82) is 0 Å². The van der Waals surface area contributed by atoms with Gasteiger partial charge in [-0.2, -0.15) is 21.6 Å². The first-order valence-electron chi connectivity index (χ1n) is 6.84. The highest BCUT2D eigenvalue weighted by Gasteiger charge is 2.49. The van der Waals surface area contributed by atoms with Crippen LogP contribution in [0.3, 0.4) is 0 Å². The summed E-state index contributed by atoms with van der Waals surface area (Å²) in [6.45, 7) is -0.124. The molecular weight excluding hydrogens is 351 g/mol. The van der Waals surface area contributed by atoms with Gasteiger partial charge in [-0.1, -0.05) is 36.4 Å². The van der Waals surface area contributed by atoms with Crippen molar-refractivity contribution in [2.24, 2.45) is 0 Å². The van der Waals surface area contributed by atoms with Crippen molar-refractivity contribution >= 4 is 16.2 Å². The molecule has 1 aromatic rings. The molecule has 0 aliphatic carbocycles. The van der Waals surface area contributed by atoms with Gasteiger partial charge in [-0.3, -0.25) is 4.90 Å². The molecule has 2 rings (SSSR count). The lowest BCUT2D eigenvalue weighted by Crippen LogP contribution is -2.45. The molecule has 0 saturated heterocycles. The maximum absolute atomic E-state index is 12.4. The number of amides is 1. The van der Waals surface area contributed by atoms with Crippen molar-refractivity contribution in [2.45, 2.75) is 24.8 Å². The standard InChI is InChI=1S/C14H14F3NO5S/c15-14(16,17)24(20,21)23-12-8-4-5-9-18(12)13(19)22-10-11-6-2-1-3-7-11/h1-4,6-8,12H,5,9-10H2. The first kappa shape index (κ1) is 18.3. The van der Waals surface area contributed by atoms with Gasteiger partial charge in [0.1, 0.15) is 6.61 Å². The van der Waals surface area contributed by atoms with E-state index in [-0.39, 0.29) is 13.2 Å². The smallest absolute Gasteiger partial charge is 0.444 e. The van der Waals surface area contributed by atoms with Crippen LogP contribution in [0, 0.1) is 0 Å². The zero-order valence-electron chi connectivity index (χ0n) is 12.3. The minimum Gasteiger partial charge on any atom is -0.444 e. The summed E-state index contributed by atoms with van der Waals surface area (Å²) in [5, 5.41) is 0. The molecule has 1 aromatic carbocycles. The molecule has 0 aromatic heterocycles. The molecule has 10 heteroatoms. The molecule has 0 spiro atoms. The Morgan fingerprint density at radius 2 is 1.92 bits per heavy atom. The van der Waals surface area contributed by atoms with Crippen molar-refractivity contribution in [3.05, 3.63) is 48.0 Å². The molecule has 1 unspecified atom stereocenters. The summed E-state index contributed by atoms with van der Waals surface area (Å²) in [4.78, 5) is 12.8. The van der Waals surface area contributed by atoms with E-state index in [4.69, 9.17) is 4.74 Å². The molecule has 0 saturated carbocycles. The third kappa shape index (κ3) is 4.48. The molecule has 1 atom stereocenters. The molecule has 0 radical (unpaired) electrons. The molecule has 1 aliphatic heterocycles. The minimum atomic E-state index is -5.83. The van der Waals surface area contributed by atoms with Crippen LogP contribution in [0.4, 0.5) is 18.0 Å². The number of halogens is 3. The fourth-order valence-corrected chi connectivity index (χ4v) is 2.46. The van der Waals surface area contributed by atoms with E-state index >= 15 is 0 Å². The monoisotopic (exact) mass is 365 g/mol. The zero-order chi connectivity index (χ0) is 17.8. The molecule has 1 heterocycles. The van der Waals surface area contributed by atoms with Crippen LogP contribution in [-0.4, -0.2) is 37.7 Å². The van der Waals surface area contributed by atoms with Crippen LogP contribution in [0.5, 0.6) is 0 Å². The molecular formula is C14H14F3NO5S. The van der Waals surface area contributed by atoms with E-state index in [2.05, 4.69) is 4.18 Å². The minimum absolute atomic E-state index is 0.0256. The molecule has 1 amide bonds. The van der Waals surface area contributed by atoms with Gasteiger partial charge in [0.25, 0.3) is 0 Å². The molecule has 1 aliphatic rings. The van der Waals surface area contributed by atoms with Crippen LogP contribution in [-0.2, 0) is 25.6 Å². The molecule has 24 heavy (non-hydrogen) atoms. The number of benzene rings is 1.